The topological polar surface area (TPSA) is 37.3 Å². The Kier molecular flexibility index (Phi) is 4.95. The van der Waals surface area contributed by atoms with Crippen LogP contribution in [0.3, 0.4) is 0 Å². The molecule has 0 heterocycles. The Morgan fingerprint density at radius 1 is 1.24 bits per heavy atom. The Hall–Kier alpha value is -1.57. The predicted molar refractivity (Wildman–Crippen MR) is 70.3 cm³/mol. The van der Waals surface area contributed by atoms with Crippen LogP contribution in [0.1, 0.15) is 50.2 Å². The zero-order valence-electron chi connectivity index (χ0n) is 10.7. The zero-order chi connectivity index (χ0) is 12.8. The summed E-state index contributed by atoms with van der Waals surface area (Å²) in [7, 11) is 0. The largest absolute Gasteiger partial charge is 0.481 e. The maximum atomic E-state index is 10.8. The summed E-state index contributed by atoms with van der Waals surface area (Å²) in [6.45, 7) is 6.21. The summed E-state index contributed by atoms with van der Waals surface area (Å²) in [6, 6.07) is 8.22. The third-order valence-electron chi connectivity index (χ3n) is 2.85. The summed E-state index contributed by atoms with van der Waals surface area (Å²) in [5.41, 5.74) is 2.35. The fourth-order valence-corrected chi connectivity index (χ4v) is 1.85. The van der Waals surface area contributed by atoms with Crippen molar-refractivity contribution in [3.63, 3.8) is 0 Å². The van der Waals surface area contributed by atoms with Crippen molar-refractivity contribution >= 4 is 5.97 Å². The molecule has 17 heavy (non-hydrogen) atoms. The number of aliphatic carboxylic acids is 1. The highest BCUT2D eigenvalue weighted by atomic mass is 16.4. The lowest BCUT2D eigenvalue weighted by atomic mass is 9.92. The lowest BCUT2D eigenvalue weighted by Gasteiger charge is -2.12. The fourth-order valence-electron chi connectivity index (χ4n) is 1.85. The molecular formula is C15H20O2. The van der Waals surface area contributed by atoms with Gasteiger partial charge in [0.05, 0.1) is 6.42 Å². The van der Waals surface area contributed by atoms with Crippen LogP contribution >= 0.6 is 0 Å². The van der Waals surface area contributed by atoms with Gasteiger partial charge in [0.2, 0.25) is 0 Å². The van der Waals surface area contributed by atoms with Crippen molar-refractivity contribution in [1.82, 2.24) is 0 Å². The van der Waals surface area contributed by atoms with E-state index in [9.17, 15) is 4.79 Å². The number of carboxylic acids is 1. The molecule has 0 bridgehead atoms. The van der Waals surface area contributed by atoms with Gasteiger partial charge in [0, 0.05) is 5.92 Å². The van der Waals surface area contributed by atoms with Crippen molar-refractivity contribution in [2.45, 2.75) is 39.0 Å². The first kappa shape index (κ1) is 13.5. The van der Waals surface area contributed by atoms with Crippen molar-refractivity contribution in [2.24, 2.45) is 0 Å². The van der Waals surface area contributed by atoms with E-state index in [0.29, 0.717) is 5.92 Å². The van der Waals surface area contributed by atoms with E-state index in [2.05, 4.69) is 26.0 Å². The van der Waals surface area contributed by atoms with Crippen LogP contribution in [0, 0.1) is 0 Å². The molecule has 0 aromatic heterocycles. The number of allylic oxidation sites excluding steroid dienone is 2. The number of carboxylic acid groups (broad SMARTS) is 1. The minimum Gasteiger partial charge on any atom is -0.481 e. The first-order valence-electron chi connectivity index (χ1n) is 5.99. The monoisotopic (exact) mass is 232 g/mol. The second-order valence-electron chi connectivity index (χ2n) is 4.55. The molecule has 0 aliphatic rings. The third-order valence-corrected chi connectivity index (χ3v) is 2.85. The van der Waals surface area contributed by atoms with Crippen molar-refractivity contribution < 1.29 is 9.90 Å². The molecule has 92 valence electrons. The van der Waals surface area contributed by atoms with Crippen molar-refractivity contribution in [1.29, 1.82) is 0 Å². The van der Waals surface area contributed by atoms with Gasteiger partial charge < -0.3 is 5.11 Å². The lowest BCUT2D eigenvalue weighted by Crippen LogP contribution is -2.04. The quantitative estimate of drug-likeness (QED) is 0.781. The number of carbonyl (C=O) groups is 1. The van der Waals surface area contributed by atoms with Gasteiger partial charge in [-0.1, -0.05) is 50.3 Å². The molecule has 1 aromatic carbocycles. The molecule has 1 atom stereocenters. The van der Waals surface area contributed by atoms with Crippen LogP contribution in [-0.2, 0) is 4.79 Å². The van der Waals surface area contributed by atoms with Crippen LogP contribution in [0.15, 0.2) is 36.4 Å². The Morgan fingerprint density at radius 3 is 2.18 bits per heavy atom. The van der Waals surface area contributed by atoms with Gasteiger partial charge in [0.1, 0.15) is 0 Å². The predicted octanol–water partition coefficient (Wildman–Crippen LogP) is 3.94. The first-order chi connectivity index (χ1) is 8.04. The maximum absolute atomic E-state index is 10.8. The van der Waals surface area contributed by atoms with Crippen LogP contribution in [0.4, 0.5) is 0 Å². The molecule has 1 rings (SSSR count). The molecule has 0 radical (unpaired) electrons. The standard InChI is InChI=1S/C15H20O2/c1-4-5-14(10-15(16)17)13-8-6-12(7-9-13)11(2)3/h4-9,11,14H,10H2,1-3H3,(H,16,17). The second kappa shape index (κ2) is 6.24. The van der Waals surface area contributed by atoms with E-state index in [1.54, 1.807) is 0 Å². The smallest absolute Gasteiger partial charge is 0.304 e. The molecule has 1 unspecified atom stereocenters. The average Bonchev–Trinajstić information content (AvgIpc) is 2.28. The summed E-state index contributed by atoms with van der Waals surface area (Å²) in [6.07, 6.45) is 3.99. The third kappa shape index (κ3) is 4.06. The van der Waals surface area contributed by atoms with Gasteiger partial charge in [0.25, 0.3) is 0 Å². The molecule has 0 saturated carbocycles. The van der Waals surface area contributed by atoms with Gasteiger partial charge >= 0.3 is 5.97 Å². The first-order valence-corrected chi connectivity index (χ1v) is 5.99. The number of hydrogen-bond acceptors (Lipinski definition) is 1. The van der Waals surface area contributed by atoms with E-state index in [1.807, 2.05) is 31.2 Å². The number of rotatable bonds is 5. The summed E-state index contributed by atoms with van der Waals surface area (Å²) in [4.78, 5) is 10.8. The lowest BCUT2D eigenvalue weighted by molar-refractivity contribution is -0.137. The number of benzene rings is 1. The van der Waals surface area contributed by atoms with E-state index >= 15 is 0 Å². The van der Waals surface area contributed by atoms with Gasteiger partial charge in [-0.2, -0.15) is 0 Å². The normalized spacial score (nSPS) is 13.2. The molecule has 2 heteroatoms. The van der Waals surface area contributed by atoms with E-state index in [1.165, 1.54) is 5.56 Å². The van der Waals surface area contributed by atoms with Crippen LogP contribution in [0.5, 0.6) is 0 Å². The highest BCUT2D eigenvalue weighted by Crippen LogP contribution is 2.23. The fraction of sp³-hybridized carbons (Fsp3) is 0.400. The van der Waals surface area contributed by atoms with Crippen molar-refractivity contribution in [3.05, 3.63) is 47.5 Å². The molecule has 0 saturated heterocycles. The molecular weight excluding hydrogens is 212 g/mol. The molecule has 0 fully saturated rings. The highest BCUT2D eigenvalue weighted by Gasteiger charge is 2.12. The Bertz CT molecular complexity index is 388. The van der Waals surface area contributed by atoms with Gasteiger partial charge in [-0.3, -0.25) is 4.79 Å². The van der Waals surface area contributed by atoms with Crippen LogP contribution in [0.25, 0.3) is 0 Å². The molecule has 2 nitrogen and oxygen atoms in total. The summed E-state index contributed by atoms with van der Waals surface area (Å²) in [5, 5.41) is 8.88. The Labute approximate surface area is 103 Å². The van der Waals surface area contributed by atoms with Crippen LogP contribution in [-0.4, -0.2) is 11.1 Å². The zero-order valence-corrected chi connectivity index (χ0v) is 10.7. The highest BCUT2D eigenvalue weighted by molar-refractivity contribution is 5.68. The van der Waals surface area contributed by atoms with Crippen molar-refractivity contribution in [3.8, 4) is 0 Å². The maximum Gasteiger partial charge on any atom is 0.304 e. The minimum atomic E-state index is -0.763. The van der Waals surface area contributed by atoms with E-state index in [-0.39, 0.29) is 12.3 Å². The average molecular weight is 232 g/mol. The van der Waals surface area contributed by atoms with Crippen molar-refractivity contribution in [2.75, 3.05) is 0 Å². The molecule has 1 N–H and O–H groups in total. The molecule has 0 aliphatic carbocycles. The number of hydrogen-bond donors (Lipinski definition) is 1. The minimum absolute atomic E-state index is 0.0290. The Balaban J connectivity index is 2.91. The van der Waals surface area contributed by atoms with Gasteiger partial charge in [-0.25, -0.2) is 0 Å². The van der Waals surface area contributed by atoms with Gasteiger partial charge in [-0.05, 0) is 24.0 Å². The van der Waals surface area contributed by atoms with Gasteiger partial charge in [-0.15, -0.1) is 0 Å². The van der Waals surface area contributed by atoms with E-state index in [4.69, 9.17) is 5.11 Å². The Morgan fingerprint density at radius 2 is 1.76 bits per heavy atom. The van der Waals surface area contributed by atoms with Crippen LogP contribution < -0.4 is 0 Å². The van der Waals surface area contributed by atoms with E-state index in [0.717, 1.165) is 5.56 Å². The second-order valence-corrected chi connectivity index (χ2v) is 4.55. The van der Waals surface area contributed by atoms with E-state index < -0.39 is 5.97 Å². The van der Waals surface area contributed by atoms with Gasteiger partial charge in [0.15, 0.2) is 0 Å². The molecule has 0 spiro atoms. The molecule has 0 aliphatic heterocycles. The summed E-state index contributed by atoms with van der Waals surface area (Å²) >= 11 is 0. The summed E-state index contributed by atoms with van der Waals surface area (Å²) in [5.74, 6) is -0.288. The van der Waals surface area contributed by atoms with Crippen LogP contribution in [0.2, 0.25) is 0 Å². The molecule has 1 aromatic rings. The SMILES string of the molecule is CC=CC(CC(=O)O)c1ccc(C(C)C)cc1. The molecule has 0 amide bonds. The summed E-state index contributed by atoms with van der Waals surface area (Å²) < 4.78 is 0.